The van der Waals surface area contributed by atoms with Crippen LogP contribution in [0.3, 0.4) is 0 Å². The number of nitrogens with one attached hydrogen (secondary N) is 1. The lowest BCUT2D eigenvalue weighted by Crippen LogP contribution is -2.00. The molecule has 0 saturated carbocycles. The second-order valence-corrected chi connectivity index (χ2v) is 5.70. The molecule has 19 heavy (non-hydrogen) atoms. The van der Waals surface area contributed by atoms with Crippen LogP contribution in [0.2, 0.25) is 5.02 Å². The van der Waals surface area contributed by atoms with E-state index >= 15 is 0 Å². The van der Waals surface area contributed by atoms with Gasteiger partial charge >= 0.3 is 5.97 Å². The molecule has 0 fully saturated rings. The van der Waals surface area contributed by atoms with Crippen LogP contribution in [0, 0.1) is 12.7 Å². The van der Waals surface area contributed by atoms with Crippen molar-refractivity contribution >= 4 is 34.6 Å². The summed E-state index contributed by atoms with van der Waals surface area (Å²) in [6.07, 6.45) is 0. The Bertz CT molecular complexity index is 607. The Kier molecular flexibility index (Phi) is 4.07. The van der Waals surface area contributed by atoms with Crippen LogP contribution in [0.4, 0.5) is 10.1 Å². The first kappa shape index (κ1) is 13.8. The van der Waals surface area contributed by atoms with Crippen LogP contribution in [0.1, 0.15) is 20.1 Å². The average Bonchev–Trinajstić information content (AvgIpc) is 2.67. The zero-order valence-corrected chi connectivity index (χ0v) is 11.6. The highest BCUT2D eigenvalue weighted by Crippen LogP contribution is 2.24. The molecular weight excluding hydrogens is 289 g/mol. The molecule has 1 aromatic heterocycles. The Hall–Kier alpha value is -1.59. The van der Waals surface area contributed by atoms with Gasteiger partial charge in [0, 0.05) is 22.1 Å². The molecule has 0 saturated heterocycles. The summed E-state index contributed by atoms with van der Waals surface area (Å²) < 4.78 is 13.1. The Labute approximate surface area is 118 Å². The number of rotatable bonds is 4. The molecule has 0 spiro atoms. The van der Waals surface area contributed by atoms with Crippen LogP contribution >= 0.6 is 22.9 Å². The van der Waals surface area contributed by atoms with E-state index in [0.29, 0.717) is 22.1 Å². The molecule has 2 rings (SSSR count). The van der Waals surface area contributed by atoms with Gasteiger partial charge in [-0.1, -0.05) is 11.6 Å². The number of thiophene rings is 1. The summed E-state index contributed by atoms with van der Waals surface area (Å²) in [6, 6.07) is 5.80. The average molecular weight is 300 g/mol. The van der Waals surface area contributed by atoms with Crippen molar-refractivity contribution in [3.63, 3.8) is 0 Å². The molecule has 2 aromatic rings. The van der Waals surface area contributed by atoms with Crippen molar-refractivity contribution in [3.05, 3.63) is 50.4 Å². The number of carbonyl (C=O) groups is 1. The van der Waals surface area contributed by atoms with Crippen molar-refractivity contribution in [1.82, 2.24) is 0 Å². The van der Waals surface area contributed by atoms with Gasteiger partial charge < -0.3 is 10.4 Å². The molecule has 3 nitrogen and oxygen atoms in total. The highest BCUT2D eigenvalue weighted by Gasteiger charge is 2.10. The highest BCUT2D eigenvalue weighted by molar-refractivity contribution is 7.14. The molecule has 0 aliphatic heterocycles. The van der Waals surface area contributed by atoms with Gasteiger partial charge in [0.15, 0.2) is 0 Å². The number of carboxylic acids is 1. The van der Waals surface area contributed by atoms with Gasteiger partial charge in [0.2, 0.25) is 0 Å². The number of carboxylic acid groups (broad SMARTS) is 1. The van der Waals surface area contributed by atoms with Gasteiger partial charge in [0.25, 0.3) is 0 Å². The van der Waals surface area contributed by atoms with Gasteiger partial charge in [-0.3, -0.25) is 0 Å². The molecular formula is C13H11ClFNO2S. The van der Waals surface area contributed by atoms with Gasteiger partial charge in [-0.05, 0) is 36.8 Å². The predicted molar refractivity (Wildman–Crippen MR) is 74.8 cm³/mol. The molecule has 1 heterocycles. The Balaban J connectivity index is 2.12. The van der Waals surface area contributed by atoms with Crippen molar-refractivity contribution in [2.45, 2.75) is 13.5 Å². The standard InChI is InChI=1S/C13H11ClFNO2S/c1-7-8(2-12(19-7)13(17)18)6-16-11-4-9(14)3-10(15)5-11/h2-5,16H,6H2,1H3,(H,17,18). The first-order valence-electron chi connectivity index (χ1n) is 5.48. The van der Waals surface area contributed by atoms with E-state index in [1.807, 2.05) is 6.92 Å². The number of hydrogen-bond acceptors (Lipinski definition) is 3. The summed E-state index contributed by atoms with van der Waals surface area (Å²) in [5.41, 5.74) is 1.44. The number of aryl methyl sites for hydroxylation is 1. The van der Waals surface area contributed by atoms with E-state index in [9.17, 15) is 9.18 Å². The third-order valence-corrected chi connectivity index (χ3v) is 3.88. The zero-order valence-electron chi connectivity index (χ0n) is 10.0. The van der Waals surface area contributed by atoms with Crippen LogP contribution in [0.15, 0.2) is 24.3 Å². The van der Waals surface area contributed by atoms with Gasteiger partial charge in [-0.15, -0.1) is 11.3 Å². The molecule has 6 heteroatoms. The molecule has 0 bridgehead atoms. The normalized spacial score (nSPS) is 10.5. The minimum Gasteiger partial charge on any atom is -0.477 e. The molecule has 0 amide bonds. The van der Waals surface area contributed by atoms with Crippen molar-refractivity contribution < 1.29 is 14.3 Å². The van der Waals surface area contributed by atoms with E-state index in [2.05, 4.69) is 5.32 Å². The first-order valence-corrected chi connectivity index (χ1v) is 6.67. The van der Waals surface area contributed by atoms with E-state index in [4.69, 9.17) is 16.7 Å². The van der Waals surface area contributed by atoms with Crippen molar-refractivity contribution in [1.29, 1.82) is 0 Å². The molecule has 0 unspecified atom stereocenters. The molecule has 0 radical (unpaired) electrons. The maximum atomic E-state index is 13.1. The molecule has 2 N–H and O–H groups in total. The molecule has 100 valence electrons. The molecule has 1 aromatic carbocycles. The lowest BCUT2D eigenvalue weighted by Gasteiger charge is -2.06. The fraction of sp³-hybridized carbons (Fsp3) is 0.154. The zero-order chi connectivity index (χ0) is 14.0. The lowest BCUT2D eigenvalue weighted by molar-refractivity contribution is 0.0702. The van der Waals surface area contributed by atoms with Crippen LogP contribution in [0.25, 0.3) is 0 Å². The lowest BCUT2D eigenvalue weighted by atomic mass is 10.2. The van der Waals surface area contributed by atoms with Gasteiger partial charge in [-0.2, -0.15) is 0 Å². The summed E-state index contributed by atoms with van der Waals surface area (Å²) in [4.78, 5) is 12.1. The molecule has 0 atom stereocenters. The first-order chi connectivity index (χ1) is 8.95. The van der Waals surface area contributed by atoms with Crippen molar-refractivity contribution in [3.8, 4) is 0 Å². The number of benzene rings is 1. The van der Waals surface area contributed by atoms with Crippen LogP contribution in [-0.4, -0.2) is 11.1 Å². The smallest absolute Gasteiger partial charge is 0.345 e. The van der Waals surface area contributed by atoms with E-state index in [1.54, 1.807) is 12.1 Å². The molecule has 0 aliphatic rings. The Morgan fingerprint density at radius 2 is 2.16 bits per heavy atom. The van der Waals surface area contributed by atoms with Crippen LogP contribution in [-0.2, 0) is 6.54 Å². The topological polar surface area (TPSA) is 49.3 Å². The third kappa shape index (κ3) is 3.45. The second-order valence-electron chi connectivity index (χ2n) is 4.01. The largest absolute Gasteiger partial charge is 0.477 e. The number of anilines is 1. The fourth-order valence-corrected chi connectivity index (χ4v) is 2.76. The summed E-state index contributed by atoms with van der Waals surface area (Å²) in [6.45, 7) is 2.28. The van der Waals surface area contributed by atoms with Gasteiger partial charge in [0.1, 0.15) is 10.7 Å². The Morgan fingerprint density at radius 1 is 1.42 bits per heavy atom. The second kappa shape index (κ2) is 5.59. The molecule has 0 aliphatic carbocycles. The quantitative estimate of drug-likeness (QED) is 0.891. The van der Waals surface area contributed by atoms with Crippen LogP contribution in [0.5, 0.6) is 0 Å². The van der Waals surface area contributed by atoms with Crippen molar-refractivity contribution in [2.75, 3.05) is 5.32 Å². The maximum Gasteiger partial charge on any atom is 0.345 e. The predicted octanol–water partition coefficient (Wildman–Crippen LogP) is 4.16. The van der Waals surface area contributed by atoms with E-state index in [-0.39, 0.29) is 0 Å². The minimum absolute atomic E-state index is 0.298. The summed E-state index contributed by atoms with van der Waals surface area (Å²) in [5, 5.41) is 12.2. The third-order valence-electron chi connectivity index (χ3n) is 2.58. The van der Waals surface area contributed by atoms with Gasteiger partial charge in [-0.25, -0.2) is 9.18 Å². The monoisotopic (exact) mass is 299 g/mol. The van der Waals surface area contributed by atoms with E-state index < -0.39 is 11.8 Å². The number of hydrogen-bond donors (Lipinski definition) is 2. The SMILES string of the molecule is Cc1sc(C(=O)O)cc1CNc1cc(F)cc(Cl)c1. The van der Waals surface area contributed by atoms with E-state index in [0.717, 1.165) is 10.4 Å². The van der Waals surface area contributed by atoms with Crippen LogP contribution < -0.4 is 5.32 Å². The van der Waals surface area contributed by atoms with Crippen molar-refractivity contribution in [2.24, 2.45) is 0 Å². The van der Waals surface area contributed by atoms with Gasteiger partial charge in [0.05, 0.1) is 0 Å². The minimum atomic E-state index is -0.937. The van der Waals surface area contributed by atoms with E-state index in [1.165, 1.54) is 23.5 Å². The highest BCUT2D eigenvalue weighted by atomic mass is 35.5. The summed E-state index contributed by atoms with van der Waals surface area (Å²) in [5.74, 6) is -1.35. The maximum absolute atomic E-state index is 13.1. The summed E-state index contributed by atoms with van der Waals surface area (Å²) in [7, 11) is 0. The fourth-order valence-electron chi connectivity index (χ4n) is 1.65. The Morgan fingerprint density at radius 3 is 2.74 bits per heavy atom. The number of aromatic carboxylic acids is 1. The summed E-state index contributed by atoms with van der Waals surface area (Å²) >= 11 is 6.98. The number of halogens is 2.